The van der Waals surface area contributed by atoms with Crippen molar-refractivity contribution in [3.8, 4) is 0 Å². The van der Waals surface area contributed by atoms with Crippen LogP contribution in [0.5, 0.6) is 0 Å². The molecule has 5 heteroatoms. The van der Waals surface area contributed by atoms with Gasteiger partial charge in [0, 0.05) is 65.4 Å². The maximum atomic E-state index is 3.82. The van der Waals surface area contributed by atoms with Crippen molar-refractivity contribution in [1.29, 1.82) is 0 Å². The van der Waals surface area contributed by atoms with Crippen molar-refractivity contribution >= 4 is 0 Å². The number of hydrogen-bond donors (Lipinski definition) is 2. The average Bonchev–Trinajstić information content (AvgIpc) is 3.20. The maximum Gasteiger partial charge on any atom is 0.0110 e. The Balaban J connectivity index is 2.15. The number of piperazine rings is 1. The Labute approximate surface area is 348 Å². The summed E-state index contributed by atoms with van der Waals surface area (Å²) >= 11 is 0. The third-order valence-electron chi connectivity index (χ3n) is 12.6. The minimum atomic E-state index is 1.16. The molecule has 0 unspecified atom stereocenters. The standard InChI is InChI=1S/C50H105N5/c1-4-7-10-13-16-19-22-24-27-30-33-35-38-51-40-43-53(42-37-34-31-28-25-23-20-17-14-11-8-5-2)45-48-55-49-46-54(47-50-55)44-41-52-39-36-32-29-26-21-18-15-12-9-6-3/h51-52H,4-50H2,1-3H3. The number of nitrogens with one attached hydrogen (secondary N) is 2. The van der Waals surface area contributed by atoms with Crippen LogP contribution in [0.3, 0.4) is 0 Å². The highest BCUT2D eigenvalue weighted by molar-refractivity contribution is 4.74. The molecule has 0 aliphatic carbocycles. The van der Waals surface area contributed by atoms with E-state index in [-0.39, 0.29) is 0 Å². The minimum Gasteiger partial charge on any atom is -0.315 e. The minimum absolute atomic E-state index is 1.16. The molecule has 1 heterocycles. The summed E-state index contributed by atoms with van der Waals surface area (Å²) in [7, 11) is 0. The smallest absolute Gasteiger partial charge is 0.0110 e. The molecular weight excluding hydrogens is 671 g/mol. The van der Waals surface area contributed by atoms with Crippen LogP contribution in [0.4, 0.5) is 0 Å². The molecule has 0 bridgehead atoms. The molecule has 1 aliphatic rings. The molecule has 55 heavy (non-hydrogen) atoms. The Bertz CT molecular complexity index is 696. The quantitative estimate of drug-likeness (QED) is 0.0602. The zero-order valence-electron chi connectivity index (χ0n) is 38.6. The van der Waals surface area contributed by atoms with Crippen LogP contribution in [0.15, 0.2) is 0 Å². The van der Waals surface area contributed by atoms with Crippen molar-refractivity contribution in [2.45, 2.75) is 239 Å². The summed E-state index contributed by atoms with van der Waals surface area (Å²) in [6, 6.07) is 0. The normalized spacial score (nSPS) is 14.2. The number of rotatable bonds is 46. The van der Waals surface area contributed by atoms with Gasteiger partial charge >= 0.3 is 0 Å². The lowest BCUT2D eigenvalue weighted by molar-refractivity contribution is 0.118. The van der Waals surface area contributed by atoms with E-state index in [0.717, 1.165) is 13.1 Å². The summed E-state index contributed by atoms with van der Waals surface area (Å²) in [5.74, 6) is 0. The van der Waals surface area contributed by atoms with Gasteiger partial charge < -0.3 is 15.5 Å². The molecule has 1 saturated heterocycles. The summed E-state index contributed by atoms with van der Waals surface area (Å²) in [6.07, 6.45) is 48.8. The Hall–Kier alpha value is -0.200. The third-order valence-corrected chi connectivity index (χ3v) is 12.6. The van der Waals surface area contributed by atoms with Gasteiger partial charge in [-0.3, -0.25) is 9.80 Å². The second kappa shape index (κ2) is 44.9. The number of nitrogens with zero attached hydrogens (tertiary/aromatic N) is 3. The fourth-order valence-electron chi connectivity index (χ4n) is 8.58. The average molecular weight is 776 g/mol. The Morgan fingerprint density at radius 1 is 0.291 bits per heavy atom. The lowest BCUT2D eigenvalue weighted by Crippen LogP contribution is -2.50. The van der Waals surface area contributed by atoms with Crippen LogP contribution in [0, 0.1) is 0 Å². The zero-order valence-corrected chi connectivity index (χ0v) is 38.6. The summed E-state index contributed by atoms with van der Waals surface area (Å²) in [4.78, 5) is 8.25. The molecule has 5 nitrogen and oxygen atoms in total. The first-order valence-corrected chi connectivity index (χ1v) is 25.9. The third kappa shape index (κ3) is 39.1. The molecule has 0 spiro atoms. The van der Waals surface area contributed by atoms with Gasteiger partial charge in [-0.25, -0.2) is 0 Å². The van der Waals surface area contributed by atoms with Gasteiger partial charge in [0.2, 0.25) is 0 Å². The molecule has 1 aliphatic heterocycles. The first kappa shape index (κ1) is 52.8. The Morgan fingerprint density at radius 3 is 0.982 bits per heavy atom. The van der Waals surface area contributed by atoms with Crippen LogP contribution >= 0.6 is 0 Å². The topological polar surface area (TPSA) is 33.8 Å². The Kier molecular flexibility index (Phi) is 43.1. The van der Waals surface area contributed by atoms with Gasteiger partial charge in [0.1, 0.15) is 0 Å². The van der Waals surface area contributed by atoms with E-state index in [2.05, 4.69) is 46.1 Å². The van der Waals surface area contributed by atoms with Crippen molar-refractivity contribution in [3.05, 3.63) is 0 Å². The van der Waals surface area contributed by atoms with Gasteiger partial charge in [0.05, 0.1) is 0 Å². The summed E-state index contributed by atoms with van der Waals surface area (Å²) in [5, 5.41) is 7.57. The molecule has 1 rings (SSSR count). The maximum absolute atomic E-state index is 3.82. The molecule has 0 aromatic heterocycles. The summed E-state index contributed by atoms with van der Waals surface area (Å²) in [5.41, 5.74) is 0. The van der Waals surface area contributed by atoms with Gasteiger partial charge in [0.15, 0.2) is 0 Å². The summed E-state index contributed by atoms with van der Waals surface area (Å²) in [6.45, 7) is 22.9. The molecule has 0 radical (unpaired) electrons. The molecule has 330 valence electrons. The molecule has 1 fully saturated rings. The Morgan fingerprint density at radius 2 is 0.600 bits per heavy atom. The van der Waals surface area contributed by atoms with Crippen molar-refractivity contribution in [2.24, 2.45) is 0 Å². The monoisotopic (exact) mass is 776 g/mol. The van der Waals surface area contributed by atoms with Gasteiger partial charge in [0.25, 0.3) is 0 Å². The lowest BCUT2D eigenvalue weighted by atomic mass is 10.1. The largest absolute Gasteiger partial charge is 0.315 e. The SMILES string of the molecule is CCCCCCCCCCCCCCNCCN(CCCCCCCCCCCCCC)CCN1CCN(CCNCCCCCCCCCCCC)CC1. The van der Waals surface area contributed by atoms with Crippen molar-refractivity contribution in [1.82, 2.24) is 25.3 Å². The van der Waals surface area contributed by atoms with Gasteiger partial charge in [-0.05, 0) is 38.9 Å². The van der Waals surface area contributed by atoms with Crippen LogP contribution in [0.1, 0.15) is 239 Å². The number of hydrogen-bond acceptors (Lipinski definition) is 5. The van der Waals surface area contributed by atoms with E-state index < -0.39 is 0 Å². The van der Waals surface area contributed by atoms with Crippen molar-refractivity contribution in [2.75, 3.05) is 85.1 Å². The molecule has 0 saturated carbocycles. The van der Waals surface area contributed by atoms with Crippen LogP contribution in [-0.2, 0) is 0 Å². The fourth-order valence-corrected chi connectivity index (χ4v) is 8.58. The van der Waals surface area contributed by atoms with Gasteiger partial charge in [-0.15, -0.1) is 0 Å². The van der Waals surface area contributed by atoms with E-state index in [9.17, 15) is 0 Å². The molecule has 0 aromatic rings. The van der Waals surface area contributed by atoms with E-state index in [0.29, 0.717) is 0 Å². The zero-order chi connectivity index (χ0) is 39.4. The molecule has 2 N–H and O–H groups in total. The highest BCUT2D eigenvalue weighted by Gasteiger charge is 2.17. The first-order chi connectivity index (χ1) is 27.3. The van der Waals surface area contributed by atoms with Crippen LogP contribution < -0.4 is 10.6 Å². The molecule has 0 aromatic carbocycles. The lowest BCUT2D eigenvalue weighted by Gasteiger charge is -2.36. The van der Waals surface area contributed by atoms with Crippen molar-refractivity contribution in [3.63, 3.8) is 0 Å². The van der Waals surface area contributed by atoms with Crippen molar-refractivity contribution < 1.29 is 0 Å². The predicted molar refractivity (Wildman–Crippen MR) is 249 cm³/mol. The highest BCUT2D eigenvalue weighted by Crippen LogP contribution is 2.14. The van der Waals surface area contributed by atoms with E-state index >= 15 is 0 Å². The number of unbranched alkanes of at least 4 members (excludes halogenated alkanes) is 31. The van der Waals surface area contributed by atoms with E-state index in [1.807, 2.05) is 0 Å². The van der Waals surface area contributed by atoms with Crippen LogP contribution in [0.25, 0.3) is 0 Å². The molecule has 0 amide bonds. The summed E-state index contributed by atoms with van der Waals surface area (Å²) < 4.78 is 0. The van der Waals surface area contributed by atoms with E-state index in [4.69, 9.17) is 0 Å². The molecule has 0 atom stereocenters. The second-order valence-corrected chi connectivity index (χ2v) is 18.0. The van der Waals surface area contributed by atoms with E-state index in [1.165, 1.54) is 290 Å². The second-order valence-electron chi connectivity index (χ2n) is 18.0. The van der Waals surface area contributed by atoms with Gasteiger partial charge in [-0.2, -0.15) is 0 Å². The molecular formula is C50H105N5. The predicted octanol–water partition coefficient (Wildman–Crippen LogP) is 13.4. The van der Waals surface area contributed by atoms with Gasteiger partial charge in [-0.1, -0.05) is 220 Å². The highest BCUT2D eigenvalue weighted by atomic mass is 15.3. The van der Waals surface area contributed by atoms with Crippen LogP contribution in [-0.4, -0.2) is 99.8 Å². The van der Waals surface area contributed by atoms with E-state index in [1.54, 1.807) is 0 Å². The fraction of sp³-hybridized carbons (Fsp3) is 1.00. The van der Waals surface area contributed by atoms with Crippen LogP contribution in [0.2, 0.25) is 0 Å². The first-order valence-electron chi connectivity index (χ1n) is 25.9.